The Morgan fingerprint density at radius 1 is 0.821 bits per heavy atom. The maximum atomic E-state index is 10.2. The molecule has 0 aliphatic carbocycles. The highest BCUT2D eigenvalue weighted by Crippen LogP contribution is 2.32. The predicted octanol–water partition coefficient (Wildman–Crippen LogP) is 5.53. The number of rotatable bonds is 14. The van der Waals surface area contributed by atoms with Gasteiger partial charge in [0, 0.05) is 0 Å². The lowest BCUT2D eigenvalue weighted by Gasteiger charge is -2.39. The first kappa shape index (κ1) is 27.1. The Balaban J connectivity index is 0.000000567. The molecule has 1 N–H and O–H groups in total. The fraction of sp³-hybridized carbons (Fsp3) is 0.727. The first-order chi connectivity index (χ1) is 13.3. The molecule has 0 radical (unpaired) electrons. The van der Waals surface area contributed by atoms with Crippen LogP contribution in [-0.4, -0.2) is 35.6 Å². The third-order valence-corrected chi connectivity index (χ3v) is 5.35. The van der Waals surface area contributed by atoms with E-state index in [-0.39, 0.29) is 5.75 Å². The minimum atomic E-state index is -4.64. The number of para-hydroxylation sites is 1. The molecular formula is C22H42NO4P. The summed E-state index contributed by atoms with van der Waals surface area (Å²) < 4.78 is 15.7. The van der Waals surface area contributed by atoms with E-state index in [9.17, 15) is 9.46 Å². The Morgan fingerprint density at radius 3 is 1.46 bits per heavy atom. The zero-order valence-electron chi connectivity index (χ0n) is 18.4. The number of hydrogen-bond acceptors (Lipinski definition) is 3. The highest BCUT2D eigenvalue weighted by Gasteiger charge is 2.24. The van der Waals surface area contributed by atoms with Crippen LogP contribution in [0.4, 0.5) is 0 Å². The van der Waals surface area contributed by atoms with Crippen molar-refractivity contribution in [2.24, 2.45) is 0 Å². The minimum Gasteiger partial charge on any atom is -0.746 e. The second-order valence-electron chi connectivity index (χ2n) is 7.52. The van der Waals surface area contributed by atoms with Crippen molar-refractivity contribution in [3.63, 3.8) is 0 Å². The van der Waals surface area contributed by atoms with E-state index in [1.54, 1.807) is 18.2 Å². The molecule has 0 aromatic heterocycles. The summed E-state index contributed by atoms with van der Waals surface area (Å²) in [4.78, 5) is 18.4. The first-order valence-corrected chi connectivity index (χ1v) is 12.5. The van der Waals surface area contributed by atoms with Gasteiger partial charge in [-0.25, -0.2) is 0 Å². The van der Waals surface area contributed by atoms with Crippen molar-refractivity contribution in [3.8, 4) is 5.75 Å². The molecule has 1 atom stereocenters. The Bertz CT molecular complexity index is 481. The topological polar surface area (TPSA) is 69.6 Å². The lowest BCUT2D eigenvalue weighted by Crippen LogP contribution is -2.50. The van der Waals surface area contributed by atoms with Crippen molar-refractivity contribution in [2.45, 2.75) is 79.1 Å². The molecule has 0 aliphatic rings. The van der Waals surface area contributed by atoms with Crippen molar-refractivity contribution >= 4 is 7.82 Å². The van der Waals surface area contributed by atoms with Crippen molar-refractivity contribution in [1.82, 2.24) is 0 Å². The van der Waals surface area contributed by atoms with Gasteiger partial charge in [-0.15, -0.1) is 0 Å². The van der Waals surface area contributed by atoms with Gasteiger partial charge in [0.1, 0.15) is 5.75 Å². The smallest absolute Gasteiger partial charge is 0.317 e. The lowest BCUT2D eigenvalue weighted by atomic mass is 10.1. The van der Waals surface area contributed by atoms with Crippen LogP contribution in [0.1, 0.15) is 79.1 Å². The molecule has 0 aliphatic heterocycles. The standard InChI is InChI=1S/C16H36N.C6H7O4P/c1-5-9-13-17(14-10-6-2,15-11-7-3)16-12-8-4;7-11(8,9)10-6-4-2-1-3-5-6/h5-16H2,1-4H3;1-5H,(H2,7,8,9)/q+1;/p-1. The predicted molar refractivity (Wildman–Crippen MR) is 116 cm³/mol. The van der Waals surface area contributed by atoms with E-state index < -0.39 is 7.82 Å². The molecule has 0 amide bonds. The number of nitrogens with zero attached hydrogens (tertiary/aromatic N) is 1. The number of unbranched alkanes of at least 4 members (excludes halogenated alkanes) is 4. The molecule has 0 saturated heterocycles. The van der Waals surface area contributed by atoms with Crippen LogP contribution in [0, 0.1) is 0 Å². The van der Waals surface area contributed by atoms with Crippen molar-refractivity contribution in [1.29, 1.82) is 0 Å². The maximum Gasteiger partial charge on any atom is 0.317 e. The van der Waals surface area contributed by atoms with E-state index in [2.05, 4.69) is 32.2 Å². The van der Waals surface area contributed by atoms with E-state index in [0.29, 0.717) is 0 Å². The molecule has 0 fully saturated rings. The maximum absolute atomic E-state index is 10.2. The number of phosphoric acid groups is 1. The second kappa shape index (κ2) is 16.0. The molecule has 0 saturated carbocycles. The Kier molecular flexibility index (Phi) is 15.5. The third-order valence-electron chi connectivity index (χ3n) is 4.91. The molecule has 0 heterocycles. The SMILES string of the molecule is CCCC[N+](CCCC)(CCCC)CCCC.O=P([O-])(O)Oc1ccccc1. The van der Waals surface area contributed by atoms with Gasteiger partial charge < -0.3 is 18.8 Å². The van der Waals surface area contributed by atoms with Crippen LogP contribution in [0.25, 0.3) is 0 Å². The molecule has 1 unspecified atom stereocenters. The highest BCUT2D eigenvalue weighted by molar-refractivity contribution is 7.45. The number of phosphoric ester groups is 1. The van der Waals surface area contributed by atoms with Gasteiger partial charge in [0.25, 0.3) is 0 Å². The number of quaternary nitrogens is 1. The van der Waals surface area contributed by atoms with Crippen LogP contribution in [0.15, 0.2) is 30.3 Å². The fourth-order valence-electron chi connectivity index (χ4n) is 3.26. The summed E-state index contributed by atoms with van der Waals surface area (Å²) in [5.74, 6) is 0.105. The van der Waals surface area contributed by atoms with Crippen LogP contribution in [0.2, 0.25) is 0 Å². The van der Waals surface area contributed by atoms with E-state index in [0.717, 1.165) is 0 Å². The van der Waals surface area contributed by atoms with Gasteiger partial charge in [0.2, 0.25) is 0 Å². The average molecular weight is 416 g/mol. The van der Waals surface area contributed by atoms with Gasteiger partial charge in [-0.05, 0) is 37.8 Å². The fourth-order valence-corrected chi connectivity index (χ4v) is 3.65. The summed E-state index contributed by atoms with van der Waals surface area (Å²) in [5.41, 5.74) is 0. The van der Waals surface area contributed by atoms with Gasteiger partial charge >= 0.3 is 7.82 Å². The van der Waals surface area contributed by atoms with Gasteiger partial charge in [-0.2, -0.15) is 0 Å². The van der Waals surface area contributed by atoms with Gasteiger partial charge in [-0.1, -0.05) is 71.6 Å². The highest BCUT2D eigenvalue weighted by atomic mass is 31.2. The van der Waals surface area contributed by atoms with Crippen LogP contribution in [0.3, 0.4) is 0 Å². The summed E-state index contributed by atoms with van der Waals surface area (Å²) in [6.07, 6.45) is 11.1. The Hall–Kier alpha value is -0.870. The third kappa shape index (κ3) is 14.2. The monoisotopic (exact) mass is 415 g/mol. The van der Waals surface area contributed by atoms with E-state index in [4.69, 9.17) is 4.89 Å². The quantitative estimate of drug-likeness (QED) is 0.320. The van der Waals surface area contributed by atoms with E-state index in [1.807, 2.05) is 0 Å². The minimum absolute atomic E-state index is 0.105. The molecule has 5 nitrogen and oxygen atoms in total. The van der Waals surface area contributed by atoms with Crippen molar-refractivity contribution < 1.29 is 23.4 Å². The molecule has 1 aromatic rings. The van der Waals surface area contributed by atoms with Gasteiger partial charge in [0.05, 0.1) is 26.2 Å². The molecule has 28 heavy (non-hydrogen) atoms. The normalized spacial score (nSPS) is 13.4. The number of benzene rings is 1. The van der Waals surface area contributed by atoms with Crippen LogP contribution >= 0.6 is 7.82 Å². The van der Waals surface area contributed by atoms with Crippen molar-refractivity contribution in [3.05, 3.63) is 30.3 Å². The van der Waals surface area contributed by atoms with Crippen molar-refractivity contribution in [2.75, 3.05) is 26.2 Å². The Morgan fingerprint density at radius 2 is 1.18 bits per heavy atom. The molecule has 6 heteroatoms. The Labute approximate surface area is 172 Å². The van der Waals surface area contributed by atoms with E-state index in [1.165, 1.54) is 94.2 Å². The average Bonchev–Trinajstić information content (AvgIpc) is 2.67. The molecule has 0 bridgehead atoms. The van der Waals surface area contributed by atoms with E-state index >= 15 is 0 Å². The van der Waals surface area contributed by atoms with Gasteiger partial charge in [0.15, 0.2) is 0 Å². The first-order valence-electron chi connectivity index (χ1n) is 11.0. The summed E-state index contributed by atoms with van der Waals surface area (Å²) >= 11 is 0. The summed E-state index contributed by atoms with van der Waals surface area (Å²) in [7, 11) is -4.64. The largest absolute Gasteiger partial charge is 0.746 e. The molecule has 1 aromatic carbocycles. The second-order valence-corrected chi connectivity index (χ2v) is 8.64. The molecule has 164 valence electrons. The molecule has 0 spiro atoms. The molecule has 1 rings (SSSR count). The van der Waals surface area contributed by atoms with Crippen LogP contribution in [-0.2, 0) is 4.57 Å². The number of hydrogen-bond donors (Lipinski definition) is 1. The zero-order chi connectivity index (χ0) is 21.3. The zero-order valence-corrected chi connectivity index (χ0v) is 19.3. The lowest BCUT2D eigenvalue weighted by molar-refractivity contribution is -0.929. The van der Waals surface area contributed by atoms with Crippen LogP contribution < -0.4 is 9.42 Å². The summed E-state index contributed by atoms with van der Waals surface area (Å²) in [5, 5.41) is 0. The molecular weight excluding hydrogens is 373 g/mol. The summed E-state index contributed by atoms with van der Waals surface area (Å²) in [6.45, 7) is 15.0. The van der Waals surface area contributed by atoms with Crippen LogP contribution in [0.5, 0.6) is 5.75 Å². The summed E-state index contributed by atoms with van der Waals surface area (Å²) in [6, 6.07) is 7.78. The van der Waals surface area contributed by atoms with Gasteiger partial charge in [-0.3, -0.25) is 4.57 Å².